The van der Waals surface area contributed by atoms with E-state index in [1.807, 2.05) is 31.8 Å². The Bertz CT molecular complexity index is 513. The minimum atomic E-state index is 0.311. The summed E-state index contributed by atoms with van der Waals surface area (Å²) in [6.45, 7) is 7.08. The smallest absolute Gasteiger partial charge is 0.105 e. The fourth-order valence-electron chi connectivity index (χ4n) is 2.20. The monoisotopic (exact) mass is 247 g/mol. The highest BCUT2D eigenvalue weighted by Crippen LogP contribution is 2.20. The Hall–Kier alpha value is -1.55. The number of nitrogens with one attached hydrogen (secondary N) is 1. The summed E-state index contributed by atoms with van der Waals surface area (Å²) in [7, 11) is 1.94. The molecule has 2 heterocycles. The van der Waals surface area contributed by atoms with E-state index < -0.39 is 0 Å². The standard InChI is InChI=1S/C14H21N3O/c1-10-9-14(12(3)18-10)11(2)15-7-5-13-6-8-17(4)16-13/h6,8-9,11,15H,5,7H2,1-4H3. The lowest BCUT2D eigenvalue weighted by Gasteiger charge is -2.12. The van der Waals surface area contributed by atoms with Crippen molar-refractivity contribution in [2.45, 2.75) is 33.2 Å². The number of aryl methyl sites for hydroxylation is 3. The maximum Gasteiger partial charge on any atom is 0.105 e. The molecule has 98 valence electrons. The van der Waals surface area contributed by atoms with E-state index in [4.69, 9.17) is 4.42 Å². The normalized spacial score (nSPS) is 12.9. The lowest BCUT2D eigenvalue weighted by molar-refractivity contribution is 0.490. The first-order chi connectivity index (χ1) is 8.56. The van der Waals surface area contributed by atoms with Gasteiger partial charge in [0.1, 0.15) is 11.5 Å². The van der Waals surface area contributed by atoms with Crippen LogP contribution in [-0.4, -0.2) is 16.3 Å². The molecule has 0 aromatic carbocycles. The molecule has 0 aliphatic carbocycles. The zero-order valence-corrected chi connectivity index (χ0v) is 11.5. The molecular formula is C14H21N3O. The van der Waals surface area contributed by atoms with E-state index in [9.17, 15) is 0 Å². The van der Waals surface area contributed by atoms with Crippen LogP contribution >= 0.6 is 0 Å². The molecule has 0 amide bonds. The number of hydrogen-bond donors (Lipinski definition) is 1. The Kier molecular flexibility index (Phi) is 3.87. The van der Waals surface area contributed by atoms with Crippen molar-refractivity contribution in [1.82, 2.24) is 15.1 Å². The molecule has 4 nitrogen and oxygen atoms in total. The van der Waals surface area contributed by atoms with Crippen LogP contribution in [0.5, 0.6) is 0 Å². The quantitative estimate of drug-likeness (QED) is 0.883. The van der Waals surface area contributed by atoms with Crippen molar-refractivity contribution >= 4 is 0 Å². The second kappa shape index (κ2) is 5.40. The average molecular weight is 247 g/mol. The highest BCUT2D eigenvalue weighted by molar-refractivity contribution is 5.23. The van der Waals surface area contributed by atoms with Gasteiger partial charge in [0.25, 0.3) is 0 Å². The summed E-state index contributed by atoms with van der Waals surface area (Å²) in [4.78, 5) is 0. The van der Waals surface area contributed by atoms with E-state index in [0.29, 0.717) is 6.04 Å². The van der Waals surface area contributed by atoms with Crippen LogP contribution in [0, 0.1) is 13.8 Å². The SMILES string of the molecule is Cc1cc(C(C)NCCc2ccn(C)n2)c(C)o1. The first-order valence-electron chi connectivity index (χ1n) is 6.35. The number of hydrogen-bond acceptors (Lipinski definition) is 3. The third kappa shape index (κ3) is 3.01. The van der Waals surface area contributed by atoms with Crippen molar-refractivity contribution < 1.29 is 4.42 Å². The van der Waals surface area contributed by atoms with Crippen LogP contribution in [0.15, 0.2) is 22.7 Å². The molecule has 4 heteroatoms. The summed E-state index contributed by atoms with van der Waals surface area (Å²) >= 11 is 0. The molecule has 1 atom stereocenters. The van der Waals surface area contributed by atoms with Crippen molar-refractivity contribution in [3.8, 4) is 0 Å². The zero-order chi connectivity index (χ0) is 13.1. The van der Waals surface area contributed by atoms with Gasteiger partial charge in [0, 0.05) is 37.8 Å². The Morgan fingerprint density at radius 2 is 2.22 bits per heavy atom. The predicted molar refractivity (Wildman–Crippen MR) is 71.5 cm³/mol. The maximum absolute atomic E-state index is 5.55. The molecule has 0 saturated heterocycles. The van der Waals surface area contributed by atoms with Gasteiger partial charge in [-0.05, 0) is 32.9 Å². The van der Waals surface area contributed by atoms with Crippen LogP contribution in [-0.2, 0) is 13.5 Å². The molecule has 0 radical (unpaired) electrons. The molecular weight excluding hydrogens is 226 g/mol. The Labute approximate surface area is 108 Å². The number of aromatic nitrogens is 2. The molecule has 2 aromatic heterocycles. The molecule has 1 N–H and O–H groups in total. The minimum Gasteiger partial charge on any atom is -0.466 e. The van der Waals surface area contributed by atoms with Gasteiger partial charge in [0.2, 0.25) is 0 Å². The van der Waals surface area contributed by atoms with E-state index in [1.54, 1.807) is 0 Å². The molecule has 18 heavy (non-hydrogen) atoms. The van der Waals surface area contributed by atoms with Gasteiger partial charge >= 0.3 is 0 Å². The van der Waals surface area contributed by atoms with Crippen LogP contribution in [0.3, 0.4) is 0 Å². The summed E-state index contributed by atoms with van der Waals surface area (Å²) in [5.41, 5.74) is 2.37. The lowest BCUT2D eigenvalue weighted by Crippen LogP contribution is -2.21. The molecule has 0 aliphatic heterocycles. The van der Waals surface area contributed by atoms with Crippen molar-refractivity contribution in [3.63, 3.8) is 0 Å². The summed E-state index contributed by atoms with van der Waals surface area (Å²) < 4.78 is 7.38. The molecule has 0 aliphatic rings. The molecule has 0 saturated carbocycles. The highest BCUT2D eigenvalue weighted by atomic mass is 16.3. The summed E-state index contributed by atoms with van der Waals surface area (Å²) in [6.07, 6.45) is 2.92. The molecule has 0 bridgehead atoms. The van der Waals surface area contributed by atoms with Crippen LogP contribution in [0.2, 0.25) is 0 Å². The Morgan fingerprint density at radius 1 is 1.44 bits per heavy atom. The maximum atomic E-state index is 5.55. The van der Waals surface area contributed by atoms with Crippen LogP contribution in [0.1, 0.15) is 35.7 Å². The zero-order valence-electron chi connectivity index (χ0n) is 11.5. The molecule has 0 fully saturated rings. The average Bonchev–Trinajstić information content (AvgIpc) is 2.85. The van der Waals surface area contributed by atoms with Gasteiger partial charge in [-0.3, -0.25) is 4.68 Å². The topological polar surface area (TPSA) is 43.0 Å². The van der Waals surface area contributed by atoms with Gasteiger partial charge in [0.15, 0.2) is 0 Å². The largest absolute Gasteiger partial charge is 0.466 e. The minimum absolute atomic E-state index is 0.311. The van der Waals surface area contributed by atoms with Gasteiger partial charge in [-0.15, -0.1) is 0 Å². The molecule has 0 spiro atoms. The predicted octanol–water partition coefficient (Wildman–Crippen LogP) is 2.52. The molecule has 1 unspecified atom stereocenters. The number of furan rings is 1. The Balaban J connectivity index is 1.85. The van der Waals surface area contributed by atoms with Gasteiger partial charge in [0.05, 0.1) is 5.69 Å². The first kappa shape index (κ1) is 12.9. The van der Waals surface area contributed by atoms with E-state index in [1.165, 1.54) is 5.56 Å². The molecule has 2 aromatic rings. The van der Waals surface area contributed by atoms with Gasteiger partial charge < -0.3 is 9.73 Å². The van der Waals surface area contributed by atoms with Crippen molar-refractivity contribution in [2.75, 3.05) is 6.54 Å². The van der Waals surface area contributed by atoms with Gasteiger partial charge in [-0.1, -0.05) is 0 Å². The van der Waals surface area contributed by atoms with E-state index in [0.717, 1.165) is 30.2 Å². The summed E-state index contributed by atoms with van der Waals surface area (Å²) in [6, 6.07) is 4.47. The second-order valence-corrected chi connectivity index (χ2v) is 4.78. The number of nitrogens with zero attached hydrogens (tertiary/aromatic N) is 2. The number of rotatable bonds is 5. The van der Waals surface area contributed by atoms with Gasteiger partial charge in [-0.25, -0.2) is 0 Å². The lowest BCUT2D eigenvalue weighted by atomic mass is 10.1. The van der Waals surface area contributed by atoms with E-state index >= 15 is 0 Å². The Morgan fingerprint density at radius 3 is 2.78 bits per heavy atom. The highest BCUT2D eigenvalue weighted by Gasteiger charge is 2.11. The van der Waals surface area contributed by atoms with Crippen molar-refractivity contribution in [3.05, 3.63) is 41.1 Å². The molecule has 2 rings (SSSR count). The van der Waals surface area contributed by atoms with Crippen LogP contribution in [0.4, 0.5) is 0 Å². The van der Waals surface area contributed by atoms with Crippen molar-refractivity contribution in [2.24, 2.45) is 7.05 Å². The van der Waals surface area contributed by atoms with Crippen molar-refractivity contribution in [1.29, 1.82) is 0 Å². The third-order valence-corrected chi connectivity index (χ3v) is 3.15. The van der Waals surface area contributed by atoms with Crippen LogP contribution in [0.25, 0.3) is 0 Å². The van der Waals surface area contributed by atoms with E-state index in [-0.39, 0.29) is 0 Å². The fourth-order valence-corrected chi connectivity index (χ4v) is 2.20. The van der Waals surface area contributed by atoms with Gasteiger partial charge in [-0.2, -0.15) is 5.10 Å². The second-order valence-electron chi connectivity index (χ2n) is 4.78. The third-order valence-electron chi connectivity index (χ3n) is 3.15. The van der Waals surface area contributed by atoms with Crippen LogP contribution < -0.4 is 5.32 Å². The first-order valence-corrected chi connectivity index (χ1v) is 6.35. The fraction of sp³-hybridized carbons (Fsp3) is 0.500. The van der Waals surface area contributed by atoms with E-state index in [2.05, 4.69) is 29.5 Å². The summed E-state index contributed by atoms with van der Waals surface area (Å²) in [5.74, 6) is 1.98. The summed E-state index contributed by atoms with van der Waals surface area (Å²) in [5, 5.41) is 7.86.